The molecule has 1 heterocycles. The number of ether oxygens (including phenoxy) is 1. The van der Waals surface area contributed by atoms with Gasteiger partial charge in [0.15, 0.2) is 0 Å². The van der Waals surface area contributed by atoms with Crippen molar-refractivity contribution < 1.29 is 9.66 Å². The van der Waals surface area contributed by atoms with E-state index >= 15 is 0 Å². The van der Waals surface area contributed by atoms with Crippen LogP contribution in [0.15, 0.2) is 0 Å². The molecule has 1 fully saturated rings. The van der Waals surface area contributed by atoms with E-state index in [2.05, 4.69) is 15.3 Å². The standard InChI is InChI=1S/C13H21N5O3/c1-9-11(18(19)20)12(17-13(14)16-9)15-7-8-21-10-5-3-2-4-6-10/h10H,2-8H2,1H3,(H3,14,15,16,17). The minimum Gasteiger partial charge on any atom is -0.376 e. The summed E-state index contributed by atoms with van der Waals surface area (Å²) in [5.74, 6) is 0.172. The Hall–Kier alpha value is -1.96. The second kappa shape index (κ2) is 7.16. The van der Waals surface area contributed by atoms with Gasteiger partial charge >= 0.3 is 5.69 Å². The summed E-state index contributed by atoms with van der Waals surface area (Å²) >= 11 is 0. The molecule has 21 heavy (non-hydrogen) atoms. The fourth-order valence-electron chi connectivity index (χ4n) is 2.56. The van der Waals surface area contributed by atoms with Gasteiger partial charge in [0.2, 0.25) is 11.8 Å². The molecule has 0 aromatic carbocycles. The Kier molecular flexibility index (Phi) is 5.26. The predicted octanol–water partition coefficient (Wildman–Crippen LogP) is 2.04. The quantitative estimate of drug-likeness (QED) is 0.468. The Balaban J connectivity index is 1.88. The Morgan fingerprint density at radius 3 is 2.76 bits per heavy atom. The summed E-state index contributed by atoms with van der Waals surface area (Å²) in [5.41, 5.74) is 5.65. The average Bonchev–Trinajstić information content (AvgIpc) is 2.43. The first-order valence-corrected chi connectivity index (χ1v) is 7.22. The van der Waals surface area contributed by atoms with Crippen LogP contribution in [0, 0.1) is 17.0 Å². The number of nitrogen functional groups attached to an aromatic ring is 1. The second-order valence-corrected chi connectivity index (χ2v) is 5.18. The van der Waals surface area contributed by atoms with Crippen LogP contribution in [-0.2, 0) is 4.74 Å². The third-order valence-electron chi connectivity index (χ3n) is 3.56. The van der Waals surface area contributed by atoms with Crippen LogP contribution in [-0.4, -0.2) is 34.1 Å². The Bertz CT molecular complexity index is 503. The van der Waals surface area contributed by atoms with Gasteiger partial charge in [0.05, 0.1) is 17.6 Å². The van der Waals surface area contributed by atoms with E-state index in [0.29, 0.717) is 19.3 Å². The predicted molar refractivity (Wildman–Crippen MR) is 79.2 cm³/mol. The molecule has 0 bridgehead atoms. The molecule has 8 heteroatoms. The number of nitrogens with zero attached hydrogens (tertiary/aromatic N) is 3. The molecule has 116 valence electrons. The van der Waals surface area contributed by atoms with Gasteiger partial charge in [-0.3, -0.25) is 10.1 Å². The van der Waals surface area contributed by atoms with Crippen molar-refractivity contribution in [1.29, 1.82) is 0 Å². The number of hydrogen-bond acceptors (Lipinski definition) is 7. The molecule has 1 aromatic rings. The van der Waals surface area contributed by atoms with Crippen molar-refractivity contribution in [2.75, 3.05) is 24.2 Å². The highest BCUT2D eigenvalue weighted by molar-refractivity contribution is 5.60. The van der Waals surface area contributed by atoms with Crippen LogP contribution < -0.4 is 11.1 Å². The summed E-state index contributed by atoms with van der Waals surface area (Å²) in [6.45, 7) is 2.48. The van der Waals surface area contributed by atoms with E-state index in [9.17, 15) is 10.1 Å². The molecule has 0 aliphatic heterocycles. The normalized spacial score (nSPS) is 15.9. The molecule has 2 rings (SSSR count). The Labute approximate surface area is 123 Å². The number of anilines is 2. The molecule has 0 unspecified atom stereocenters. The molecule has 1 aliphatic rings. The first kappa shape index (κ1) is 15.4. The van der Waals surface area contributed by atoms with Crippen molar-refractivity contribution in [2.45, 2.75) is 45.1 Å². The monoisotopic (exact) mass is 295 g/mol. The molecule has 1 aromatic heterocycles. The van der Waals surface area contributed by atoms with Crippen LogP contribution >= 0.6 is 0 Å². The molecule has 0 amide bonds. The maximum Gasteiger partial charge on any atom is 0.332 e. The van der Waals surface area contributed by atoms with Crippen molar-refractivity contribution in [2.24, 2.45) is 0 Å². The molecule has 1 saturated carbocycles. The molecular formula is C13H21N5O3. The average molecular weight is 295 g/mol. The second-order valence-electron chi connectivity index (χ2n) is 5.18. The lowest BCUT2D eigenvalue weighted by molar-refractivity contribution is -0.385. The first-order chi connectivity index (χ1) is 10.1. The summed E-state index contributed by atoms with van der Waals surface area (Å²) in [6.07, 6.45) is 6.22. The first-order valence-electron chi connectivity index (χ1n) is 7.22. The zero-order valence-electron chi connectivity index (χ0n) is 12.2. The van der Waals surface area contributed by atoms with Gasteiger partial charge in [0.1, 0.15) is 5.69 Å². The molecule has 3 N–H and O–H groups in total. The lowest BCUT2D eigenvalue weighted by Crippen LogP contribution is -2.21. The van der Waals surface area contributed by atoms with Crippen LogP contribution in [0.1, 0.15) is 37.8 Å². The third kappa shape index (κ3) is 4.25. The van der Waals surface area contributed by atoms with Gasteiger partial charge < -0.3 is 15.8 Å². The van der Waals surface area contributed by atoms with Crippen molar-refractivity contribution in [1.82, 2.24) is 9.97 Å². The summed E-state index contributed by atoms with van der Waals surface area (Å²) in [6, 6.07) is 0. The summed E-state index contributed by atoms with van der Waals surface area (Å²) < 4.78 is 5.76. The van der Waals surface area contributed by atoms with Crippen molar-refractivity contribution >= 4 is 17.5 Å². The fraction of sp³-hybridized carbons (Fsp3) is 0.692. The molecule has 0 atom stereocenters. The lowest BCUT2D eigenvalue weighted by atomic mass is 9.98. The molecular weight excluding hydrogens is 274 g/mol. The molecule has 0 radical (unpaired) electrons. The highest BCUT2D eigenvalue weighted by Gasteiger charge is 2.21. The number of hydrogen-bond donors (Lipinski definition) is 2. The summed E-state index contributed by atoms with van der Waals surface area (Å²) in [4.78, 5) is 18.3. The van der Waals surface area contributed by atoms with E-state index in [4.69, 9.17) is 10.5 Å². The number of nitrogens with two attached hydrogens (primary N) is 1. The minimum absolute atomic E-state index is 0.0220. The van der Waals surface area contributed by atoms with Crippen molar-refractivity contribution in [3.05, 3.63) is 15.8 Å². The highest BCUT2D eigenvalue weighted by Crippen LogP contribution is 2.25. The van der Waals surface area contributed by atoms with E-state index in [1.54, 1.807) is 6.92 Å². The van der Waals surface area contributed by atoms with Gasteiger partial charge in [-0.2, -0.15) is 4.98 Å². The van der Waals surface area contributed by atoms with Crippen LogP contribution in [0.4, 0.5) is 17.5 Å². The van der Waals surface area contributed by atoms with Gasteiger partial charge in [-0.25, -0.2) is 4.98 Å². The Morgan fingerprint density at radius 2 is 2.10 bits per heavy atom. The zero-order valence-corrected chi connectivity index (χ0v) is 12.2. The summed E-state index contributed by atoms with van der Waals surface area (Å²) in [5, 5.41) is 14.0. The molecule has 0 saturated heterocycles. The number of aryl methyl sites for hydroxylation is 1. The van der Waals surface area contributed by atoms with Gasteiger partial charge in [0, 0.05) is 6.54 Å². The van der Waals surface area contributed by atoms with Crippen LogP contribution in [0.25, 0.3) is 0 Å². The van der Waals surface area contributed by atoms with Crippen LogP contribution in [0.5, 0.6) is 0 Å². The van der Waals surface area contributed by atoms with Crippen LogP contribution in [0.3, 0.4) is 0 Å². The summed E-state index contributed by atoms with van der Waals surface area (Å²) in [7, 11) is 0. The van der Waals surface area contributed by atoms with E-state index in [1.165, 1.54) is 19.3 Å². The van der Waals surface area contributed by atoms with E-state index in [-0.39, 0.29) is 23.1 Å². The maximum absolute atomic E-state index is 11.0. The highest BCUT2D eigenvalue weighted by atomic mass is 16.6. The lowest BCUT2D eigenvalue weighted by Gasteiger charge is -2.22. The van der Waals surface area contributed by atoms with Crippen LogP contribution in [0.2, 0.25) is 0 Å². The molecule has 0 spiro atoms. The fourth-order valence-corrected chi connectivity index (χ4v) is 2.56. The number of aromatic nitrogens is 2. The maximum atomic E-state index is 11.0. The van der Waals surface area contributed by atoms with Gasteiger partial charge in [-0.1, -0.05) is 19.3 Å². The van der Waals surface area contributed by atoms with Crippen molar-refractivity contribution in [3.8, 4) is 0 Å². The van der Waals surface area contributed by atoms with Gasteiger partial charge in [-0.05, 0) is 19.8 Å². The topological polar surface area (TPSA) is 116 Å². The largest absolute Gasteiger partial charge is 0.376 e. The number of nitro groups is 1. The van der Waals surface area contributed by atoms with E-state index in [0.717, 1.165) is 12.8 Å². The Morgan fingerprint density at radius 1 is 1.38 bits per heavy atom. The van der Waals surface area contributed by atoms with Gasteiger partial charge in [0.25, 0.3) is 0 Å². The number of rotatable bonds is 6. The van der Waals surface area contributed by atoms with E-state index < -0.39 is 4.92 Å². The zero-order chi connectivity index (χ0) is 15.2. The SMILES string of the molecule is Cc1nc(N)nc(NCCOC2CCCCC2)c1[N+](=O)[O-]. The molecule has 8 nitrogen and oxygen atoms in total. The minimum atomic E-state index is -0.501. The smallest absolute Gasteiger partial charge is 0.332 e. The van der Waals surface area contributed by atoms with E-state index in [1.807, 2.05) is 0 Å². The van der Waals surface area contributed by atoms with Crippen molar-refractivity contribution in [3.63, 3.8) is 0 Å². The molecule has 1 aliphatic carbocycles. The van der Waals surface area contributed by atoms with Gasteiger partial charge in [-0.15, -0.1) is 0 Å². The third-order valence-corrected chi connectivity index (χ3v) is 3.56. The number of nitrogens with one attached hydrogen (secondary N) is 1.